The normalized spacial score (nSPS) is 12.5. The molecule has 1 atom stereocenters. The van der Waals surface area contributed by atoms with E-state index in [9.17, 15) is 0 Å². The molecule has 1 rings (SSSR count). The Balaban J connectivity index is 2.66. The van der Waals surface area contributed by atoms with E-state index in [0.29, 0.717) is 6.04 Å². The van der Waals surface area contributed by atoms with Gasteiger partial charge in [0.25, 0.3) is 0 Å². The Bertz CT molecular complexity index is 401. The summed E-state index contributed by atoms with van der Waals surface area (Å²) in [7, 11) is 3.41. The molecule has 0 saturated carbocycles. The van der Waals surface area contributed by atoms with Gasteiger partial charge < -0.3 is 19.5 Å². The second kappa shape index (κ2) is 9.64. The zero-order valence-electron chi connectivity index (χ0n) is 13.9. The molecule has 0 aliphatic rings. The van der Waals surface area contributed by atoms with E-state index in [-0.39, 0.29) is 6.10 Å². The summed E-state index contributed by atoms with van der Waals surface area (Å²) >= 11 is 0. The number of methoxy groups -OCH3 is 2. The molecule has 0 heterocycles. The van der Waals surface area contributed by atoms with E-state index in [0.717, 1.165) is 37.5 Å². The van der Waals surface area contributed by atoms with Crippen molar-refractivity contribution in [2.45, 2.75) is 52.3 Å². The molecule has 0 aromatic heterocycles. The van der Waals surface area contributed by atoms with E-state index in [2.05, 4.69) is 18.3 Å². The van der Waals surface area contributed by atoms with Crippen LogP contribution < -0.4 is 14.8 Å². The fourth-order valence-electron chi connectivity index (χ4n) is 2.23. The molecule has 1 unspecified atom stereocenters. The molecule has 0 spiro atoms. The fourth-order valence-corrected chi connectivity index (χ4v) is 2.23. The molecule has 0 saturated heterocycles. The molecule has 0 amide bonds. The Kier molecular flexibility index (Phi) is 8.16. The Morgan fingerprint density at radius 1 is 1.14 bits per heavy atom. The van der Waals surface area contributed by atoms with Crippen molar-refractivity contribution < 1.29 is 14.2 Å². The minimum atomic E-state index is 0.138. The summed E-state index contributed by atoms with van der Waals surface area (Å²) in [5.74, 6) is 1.57. The summed E-state index contributed by atoms with van der Waals surface area (Å²) in [6.07, 6.45) is 2.39. The van der Waals surface area contributed by atoms with Gasteiger partial charge in [0.2, 0.25) is 0 Å². The van der Waals surface area contributed by atoms with Crippen LogP contribution in [-0.4, -0.2) is 33.0 Å². The highest BCUT2D eigenvalue weighted by atomic mass is 16.5. The maximum absolute atomic E-state index is 5.73. The second-order valence-electron chi connectivity index (χ2n) is 5.47. The van der Waals surface area contributed by atoms with Crippen LogP contribution in [0.2, 0.25) is 0 Å². The summed E-state index contributed by atoms with van der Waals surface area (Å²) in [6, 6.07) is 6.46. The smallest absolute Gasteiger partial charge is 0.161 e. The van der Waals surface area contributed by atoms with Crippen molar-refractivity contribution in [2.24, 2.45) is 0 Å². The third kappa shape index (κ3) is 6.36. The molecule has 1 aromatic carbocycles. The number of hydrogen-bond donors (Lipinski definition) is 1. The molecule has 1 N–H and O–H groups in total. The van der Waals surface area contributed by atoms with Crippen LogP contribution in [0.25, 0.3) is 0 Å². The van der Waals surface area contributed by atoms with Gasteiger partial charge in [-0.2, -0.15) is 0 Å². The maximum atomic E-state index is 5.73. The second-order valence-corrected chi connectivity index (χ2v) is 5.47. The Morgan fingerprint density at radius 2 is 1.90 bits per heavy atom. The number of hydrogen-bond acceptors (Lipinski definition) is 4. The van der Waals surface area contributed by atoms with Gasteiger partial charge in [0.15, 0.2) is 11.5 Å². The third-order valence-corrected chi connectivity index (χ3v) is 3.19. The molecule has 120 valence electrons. The number of rotatable bonds is 10. The van der Waals surface area contributed by atoms with Crippen LogP contribution >= 0.6 is 0 Å². The SMILES string of the molecule is CCCC(COC)NCc1ccc(OC(C)C)c(OC)c1. The predicted molar refractivity (Wildman–Crippen MR) is 86.2 cm³/mol. The quantitative estimate of drug-likeness (QED) is 0.718. The summed E-state index contributed by atoms with van der Waals surface area (Å²) in [5.41, 5.74) is 1.18. The van der Waals surface area contributed by atoms with Gasteiger partial charge in [-0.3, -0.25) is 0 Å². The van der Waals surface area contributed by atoms with Crippen LogP contribution in [0, 0.1) is 0 Å². The van der Waals surface area contributed by atoms with Crippen molar-refractivity contribution in [2.75, 3.05) is 20.8 Å². The van der Waals surface area contributed by atoms with Gasteiger partial charge in [0.05, 0.1) is 19.8 Å². The van der Waals surface area contributed by atoms with Crippen molar-refractivity contribution in [3.05, 3.63) is 23.8 Å². The van der Waals surface area contributed by atoms with Crippen LogP contribution in [0.4, 0.5) is 0 Å². The highest BCUT2D eigenvalue weighted by molar-refractivity contribution is 5.43. The summed E-state index contributed by atoms with van der Waals surface area (Å²) in [4.78, 5) is 0. The summed E-state index contributed by atoms with van der Waals surface area (Å²) < 4.78 is 16.4. The third-order valence-electron chi connectivity index (χ3n) is 3.19. The van der Waals surface area contributed by atoms with Crippen LogP contribution in [0.3, 0.4) is 0 Å². The summed E-state index contributed by atoms with van der Waals surface area (Å²) in [5, 5.41) is 3.53. The van der Waals surface area contributed by atoms with Crippen molar-refractivity contribution in [1.82, 2.24) is 5.32 Å². The van der Waals surface area contributed by atoms with Crippen LogP contribution in [0.5, 0.6) is 11.5 Å². The molecule has 0 fully saturated rings. The first kappa shape index (κ1) is 17.8. The highest BCUT2D eigenvalue weighted by Gasteiger charge is 2.10. The minimum Gasteiger partial charge on any atom is -0.493 e. The van der Waals surface area contributed by atoms with E-state index in [1.807, 2.05) is 26.0 Å². The zero-order valence-corrected chi connectivity index (χ0v) is 13.9. The molecule has 0 aliphatic carbocycles. The standard InChI is InChI=1S/C17H29NO3/c1-6-7-15(12-19-4)18-11-14-8-9-16(21-13(2)3)17(10-14)20-5/h8-10,13,15,18H,6-7,11-12H2,1-5H3. The Hall–Kier alpha value is -1.26. The van der Waals surface area contributed by atoms with E-state index >= 15 is 0 Å². The Labute approximate surface area is 128 Å². The largest absolute Gasteiger partial charge is 0.493 e. The van der Waals surface area contributed by atoms with Crippen LogP contribution in [0.1, 0.15) is 39.2 Å². The van der Waals surface area contributed by atoms with Crippen molar-refractivity contribution in [3.8, 4) is 11.5 Å². The van der Waals surface area contributed by atoms with Gasteiger partial charge in [0, 0.05) is 19.7 Å². The first-order chi connectivity index (χ1) is 10.1. The number of nitrogens with one attached hydrogen (secondary N) is 1. The molecular weight excluding hydrogens is 266 g/mol. The van der Waals surface area contributed by atoms with E-state index in [1.54, 1.807) is 14.2 Å². The molecular formula is C17H29NO3. The van der Waals surface area contributed by atoms with Crippen molar-refractivity contribution >= 4 is 0 Å². The molecule has 4 heteroatoms. The molecule has 0 aliphatic heterocycles. The zero-order chi connectivity index (χ0) is 15.7. The average Bonchev–Trinajstić information content (AvgIpc) is 2.45. The van der Waals surface area contributed by atoms with Gasteiger partial charge in [-0.25, -0.2) is 0 Å². The van der Waals surface area contributed by atoms with E-state index < -0.39 is 0 Å². The molecule has 0 radical (unpaired) electrons. The molecule has 21 heavy (non-hydrogen) atoms. The molecule has 4 nitrogen and oxygen atoms in total. The summed E-state index contributed by atoms with van der Waals surface area (Å²) in [6.45, 7) is 7.74. The average molecular weight is 295 g/mol. The predicted octanol–water partition coefficient (Wildman–Crippen LogP) is 3.39. The van der Waals surface area contributed by atoms with Gasteiger partial charge in [-0.15, -0.1) is 0 Å². The lowest BCUT2D eigenvalue weighted by atomic mass is 10.1. The van der Waals surface area contributed by atoms with Crippen molar-refractivity contribution in [1.29, 1.82) is 0 Å². The minimum absolute atomic E-state index is 0.138. The lowest BCUT2D eigenvalue weighted by Gasteiger charge is -2.18. The van der Waals surface area contributed by atoms with E-state index in [4.69, 9.17) is 14.2 Å². The van der Waals surface area contributed by atoms with E-state index in [1.165, 1.54) is 5.56 Å². The van der Waals surface area contributed by atoms with Crippen molar-refractivity contribution in [3.63, 3.8) is 0 Å². The van der Waals surface area contributed by atoms with Gasteiger partial charge in [-0.05, 0) is 38.0 Å². The maximum Gasteiger partial charge on any atom is 0.161 e. The first-order valence-electron chi connectivity index (χ1n) is 7.66. The van der Waals surface area contributed by atoms with Gasteiger partial charge in [-0.1, -0.05) is 19.4 Å². The highest BCUT2D eigenvalue weighted by Crippen LogP contribution is 2.29. The molecule has 1 aromatic rings. The first-order valence-corrected chi connectivity index (χ1v) is 7.66. The van der Waals surface area contributed by atoms with Crippen LogP contribution in [-0.2, 0) is 11.3 Å². The van der Waals surface area contributed by atoms with Gasteiger partial charge in [0.1, 0.15) is 0 Å². The van der Waals surface area contributed by atoms with Crippen LogP contribution in [0.15, 0.2) is 18.2 Å². The van der Waals surface area contributed by atoms with Gasteiger partial charge >= 0.3 is 0 Å². The monoisotopic (exact) mass is 295 g/mol. The molecule has 0 bridgehead atoms. The lowest BCUT2D eigenvalue weighted by molar-refractivity contribution is 0.161. The number of ether oxygens (including phenoxy) is 3. The number of benzene rings is 1. The Morgan fingerprint density at radius 3 is 2.48 bits per heavy atom. The fraction of sp³-hybridized carbons (Fsp3) is 0.647. The lowest BCUT2D eigenvalue weighted by Crippen LogP contribution is -2.32. The topological polar surface area (TPSA) is 39.7 Å².